The molecular weight excluding hydrogens is 340 g/mol. The van der Waals surface area contributed by atoms with E-state index in [1.807, 2.05) is 20.8 Å². The predicted molar refractivity (Wildman–Crippen MR) is 103 cm³/mol. The van der Waals surface area contributed by atoms with Crippen molar-refractivity contribution in [2.75, 3.05) is 33.4 Å². The van der Waals surface area contributed by atoms with Crippen LogP contribution in [0.25, 0.3) is 0 Å². The minimum absolute atomic E-state index is 0.121. The second-order valence-electron chi connectivity index (χ2n) is 6.95. The lowest BCUT2D eigenvalue weighted by Crippen LogP contribution is -2.39. The van der Waals surface area contributed by atoms with E-state index in [0.29, 0.717) is 48.4 Å². The van der Waals surface area contributed by atoms with Crippen LogP contribution in [-0.4, -0.2) is 44.2 Å². The molecule has 0 atom stereocenters. The molecule has 0 saturated heterocycles. The van der Waals surface area contributed by atoms with Gasteiger partial charge in [0.05, 0.1) is 18.2 Å². The van der Waals surface area contributed by atoms with Gasteiger partial charge in [0.15, 0.2) is 11.5 Å². The summed E-state index contributed by atoms with van der Waals surface area (Å²) in [4.78, 5) is 14.4. The molecule has 1 amide bonds. The molecule has 0 aliphatic heterocycles. The van der Waals surface area contributed by atoms with E-state index >= 15 is 0 Å². The van der Waals surface area contributed by atoms with Crippen molar-refractivity contribution in [1.29, 1.82) is 0 Å². The number of carbonyl (C=O) groups is 1. The highest BCUT2D eigenvalue weighted by molar-refractivity contribution is 6.32. The van der Waals surface area contributed by atoms with E-state index < -0.39 is 0 Å². The van der Waals surface area contributed by atoms with Gasteiger partial charge in [-0.3, -0.25) is 4.79 Å². The maximum absolute atomic E-state index is 12.7. The monoisotopic (exact) mass is 370 g/mol. The highest BCUT2D eigenvalue weighted by Gasteiger charge is 2.24. The van der Waals surface area contributed by atoms with Gasteiger partial charge in [0.25, 0.3) is 5.91 Å². The van der Waals surface area contributed by atoms with Crippen molar-refractivity contribution < 1.29 is 14.3 Å². The fourth-order valence-corrected chi connectivity index (χ4v) is 2.68. The summed E-state index contributed by atoms with van der Waals surface area (Å²) in [6.45, 7) is 10.1. The van der Waals surface area contributed by atoms with Crippen LogP contribution in [0.15, 0.2) is 12.1 Å². The molecule has 0 aromatic heterocycles. The topological polar surface area (TPSA) is 64.8 Å². The van der Waals surface area contributed by atoms with Gasteiger partial charge in [-0.05, 0) is 37.4 Å². The first-order valence-corrected chi connectivity index (χ1v) is 9.18. The molecule has 25 heavy (non-hydrogen) atoms. The molecule has 0 aliphatic carbocycles. The van der Waals surface area contributed by atoms with Gasteiger partial charge in [0, 0.05) is 19.2 Å². The molecule has 0 fully saturated rings. The number of unbranched alkanes of at least 4 members (excludes halogenated alkanes) is 1. The Hall–Kier alpha value is -1.46. The number of hydrogen-bond acceptors (Lipinski definition) is 4. The summed E-state index contributed by atoms with van der Waals surface area (Å²) in [5.41, 5.74) is 6.09. The lowest BCUT2D eigenvalue weighted by molar-refractivity contribution is 0.0740. The Labute approximate surface area is 156 Å². The fraction of sp³-hybridized carbons (Fsp3) is 0.632. The normalized spacial score (nSPS) is 11.3. The standard InChI is InChI=1S/C19H31ClN2O3/c1-6-8-9-25-17-15(20)10-14(11-16(17)24-7-2)18(23)22(5)13-19(3,4)12-21/h10-11H,6-9,12-13,21H2,1-5H3. The number of carbonyl (C=O) groups excluding carboxylic acids is 1. The number of nitrogens with zero attached hydrogens (tertiary/aromatic N) is 1. The number of benzene rings is 1. The zero-order chi connectivity index (χ0) is 19.0. The van der Waals surface area contributed by atoms with Crippen molar-refractivity contribution in [2.24, 2.45) is 11.1 Å². The quantitative estimate of drug-likeness (QED) is 0.633. The predicted octanol–water partition coefficient (Wildman–Crippen LogP) is 3.97. The van der Waals surface area contributed by atoms with E-state index in [-0.39, 0.29) is 11.3 Å². The molecule has 0 bridgehead atoms. The van der Waals surface area contributed by atoms with Gasteiger partial charge < -0.3 is 20.1 Å². The summed E-state index contributed by atoms with van der Waals surface area (Å²) in [7, 11) is 1.76. The largest absolute Gasteiger partial charge is 0.490 e. The Kier molecular flexibility index (Phi) is 8.53. The maximum Gasteiger partial charge on any atom is 0.253 e. The van der Waals surface area contributed by atoms with Crippen LogP contribution in [0, 0.1) is 5.41 Å². The van der Waals surface area contributed by atoms with E-state index in [1.54, 1.807) is 24.1 Å². The second kappa shape index (κ2) is 9.88. The summed E-state index contributed by atoms with van der Waals surface area (Å²) >= 11 is 6.36. The molecular formula is C19H31ClN2O3. The number of nitrogens with two attached hydrogens (primary N) is 1. The Bertz CT molecular complexity index is 576. The van der Waals surface area contributed by atoms with E-state index in [0.717, 1.165) is 12.8 Å². The van der Waals surface area contributed by atoms with Crippen molar-refractivity contribution in [3.8, 4) is 11.5 Å². The lowest BCUT2D eigenvalue weighted by Gasteiger charge is -2.29. The number of halogens is 1. The molecule has 0 spiro atoms. The van der Waals surface area contributed by atoms with Crippen LogP contribution >= 0.6 is 11.6 Å². The summed E-state index contributed by atoms with van der Waals surface area (Å²) in [5, 5.41) is 0.386. The molecule has 0 unspecified atom stereocenters. The van der Waals surface area contributed by atoms with Gasteiger partial charge in [0.2, 0.25) is 0 Å². The van der Waals surface area contributed by atoms with Crippen LogP contribution in [0.4, 0.5) is 0 Å². The second-order valence-corrected chi connectivity index (χ2v) is 7.36. The third kappa shape index (κ3) is 6.40. The molecule has 0 heterocycles. The average molecular weight is 371 g/mol. The number of ether oxygens (including phenoxy) is 2. The SMILES string of the molecule is CCCCOc1c(Cl)cc(C(=O)N(C)CC(C)(C)CN)cc1OCC. The number of rotatable bonds is 10. The third-order valence-electron chi connectivity index (χ3n) is 3.87. The molecule has 1 aromatic carbocycles. The van der Waals surface area contributed by atoms with Crippen LogP contribution in [0.2, 0.25) is 5.02 Å². The van der Waals surface area contributed by atoms with E-state index in [9.17, 15) is 4.79 Å². The molecule has 0 saturated carbocycles. The van der Waals surface area contributed by atoms with Crippen LogP contribution < -0.4 is 15.2 Å². The van der Waals surface area contributed by atoms with Crippen molar-refractivity contribution >= 4 is 17.5 Å². The average Bonchev–Trinajstić information content (AvgIpc) is 2.56. The van der Waals surface area contributed by atoms with Crippen molar-refractivity contribution in [3.63, 3.8) is 0 Å². The molecule has 1 rings (SSSR count). The minimum atomic E-state index is -0.153. The van der Waals surface area contributed by atoms with E-state index in [4.69, 9.17) is 26.8 Å². The van der Waals surface area contributed by atoms with Gasteiger partial charge >= 0.3 is 0 Å². The first-order valence-electron chi connectivity index (χ1n) is 8.80. The van der Waals surface area contributed by atoms with Gasteiger partial charge in [-0.2, -0.15) is 0 Å². The number of amides is 1. The molecule has 0 radical (unpaired) electrons. The molecule has 142 valence electrons. The Morgan fingerprint density at radius 2 is 1.96 bits per heavy atom. The van der Waals surface area contributed by atoms with Crippen LogP contribution in [-0.2, 0) is 0 Å². The molecule has 5 nitrogen and oxygen atoms in total. The van der Waals surface area contributed by atoms with Crippen LogP contribution in [0.1, 0.15) is 50.9 Å². The van der Waals surface area contributed by atoms with E-state index in [1.165, 1.54) is 0 Å². The molecule has 0 aliphatic rings. The van der Waals surface area contributed by atoms with Gasteiger partial charge in [-0.1, -0.05) is 38.8 Å². The first-order chi connectivity index (χ1) is 11.8. The van der Waals surface area contributed by atoms with Crippen LogP contribution in [0.3, 0.4) is 0 Å². The molecule has 6 heteroatoms. The zero-order valence-electron chi connectivity index (χ0n) is 16.0. The summed E-state index contributed by atoms with van der Waals surface area (Å²) in [6, 6.07) is 3.34. The highest BCUT2D eigenvalue weighted by atomic mass is 35.5. The van der Waals surface area contributed by atoms with Crippen molar-refractivity contribution in [3.05, 3.63) is 22.7 Å². The smallest absolute Gasteiger partial charge is 0.253 e. The fourth-order valence-electron chi connectivity index (χ4n) is 2.41. The molecule has 1 aromatic rings. The lowest BCUT2D eigenvalue weighted by atomic mass is 9.93. The third-order valence-corrected chi connectivity index (χ3v) is 4.15. The van der Waals surface area contributed by atoms with Crippen LogP contribution in [0.5, 0.6) is 11.5 Å². The highest BCUT2D eigenvalue weighted by Crippen LogP contribution is 2.37. The minimum Gasteiger partial charge on any atom is -0.490 e. The van der Waals surface area contributed by atoms with Gasteiger partial charge in [-0.15, -0.1) is 0 Å². The number of hydrogen-bond donors (Lipinski definition) is 1. The summed E-state index contributed by atoms with van der Waals surface area (Å²) in [5.74, 6) is 0.879. The zero-order valence-corrected chi connectivity index (χ0v) is 16.8. The summed E-state index contributed by atoms with van der Waals surface area (Å²) in [6.07, 6.45) is 1.96. The van der Waals surface area contributed by atoms with E-state index in [2.05, 4.69) is 6.92 Å². The van der Waals surface area contributed by atoms with Gasteiger partial charge in [0.1, 0.15) is 0 Å². The van der Waals surface area contributed by atoms with Gasteiger partial charge in [-0.25, -0.2) is 0 Å². The first kappa shape index (κ1) is 21.6. The Balaban J connectivity index is 3.05. The Morgan fingerprint density at radius 3 is 2.52 bits per heavy atom. The van der Waals surface area contributed by atoms with Crippen molar-refractivity contribution in [1.82, 2.24) is 4.90 Å². The molecule has 2 N–H and O–H groups in total. The maximum atomic E-state index is 12.7. The van der Waals surface area contributed by atoms with Crippen molar-refractivity contribution in [2.45, 2.75) is 40.5 Å². The summed E-state index contributed by atoms with van der Waals surface area (Å²) < 4.78 is 11.4. The Morgan fingerprint density at radius 1 is 1.28 bits per heavy atom.